The number of fused-ring (bicyclic) bond motifs is 1. The van der Waals surface area contributed by atoms with Crippen molar-refractivity contribution in [3.05, 3.63) is 61.2 Å². The van der Waals surface area contributed by atoms with E-state index in [1.165, 1.54) is 0 Å². The van der Waals surface area contributed by atoms with Crippen molar-refractivity contribution in [1.29, 1.82) is 0 Å². The minimum atomic E-state index is -0.361. The zero-order valence-corrected chi connectivity index (χ0v) is 12.8. The minimum Gasteiger partial charge on any atom is -0.486 e. The summed E-state index contributed by atoms with van der Waals surface area (Å²) in [6, 6.07) is 15.0. The molecule has 0 saturated carbocycles. The van der Waals surface area contributed by atoms with Crippen LogP contribution in [0.2, 0.25) is 0 Å². The second kappa shape index (κ2) is 7.07. The van der Waals surface area contributed by atoms with Crippen LogP contribution in [0.25, 0.3) is 0 Å². The summed E-state index contributed by atoms with van der Waals surface area (Å²) >= 11 is 0. The normalized spacial score (nSPS) is 17.3. The minimum absolute atomic E-state index is 0.0935. The predicted octanol–water partition coefficient (Wildman–Crippen LogP) is 2.59. The molecule has 3 rings (SSSR count). The van der Waals surface area contributed by atoms with Crippen LogP contribution in [0.3, 0.4) is 0 Å². The maximum absolute atomic E-state index is 5.90. The van der Waals surface area contributed by atoms with Crippen molar-refractivity contribution >= 4 is 5.69 Å². The van der Waals surface area contributed by atoms with Crippen molar-refractivity contribution in [3.63, 3.8) is 0 Å². The van der Waals surface area contributed by atoms with Gasteiger partial charge in [0.2, 0.25) is 0 Å². The maximum Gasteiger partial charge on any atom is 0.169 e. The van der Waals surface area contributed by atoms with Gasteiger partial charge in [-0.25, -0.2) is 0 Å². The highest BCUT2D eigenvalue weighted by Crippen LogP contribution is 2.30. The number of nitrogens with one attached hydrogen (secondary N) is 1. The van der Waals surface area contributed by atoms with E-state index in [4.69, 9.17) is 19.9 Å². The number of para-hydroxylation sites is 4. The molecule has 0 radical (unpaired) electrons. The Morgan fingerprint density at radius 3 is 2.74 bits per heavy atom. The fourth-order valence-electron chi connectivity index (χ4n) is 2.31. The van der Waals surface area contributed by atoms with E-state index in [9.17, 15) is 0 Å². The number of anilines is 1. The molecule has 0 saturated heterocycles. The molecule has 2 unspecified atom stereocenters. The first-order valence-corrected chi connectivity index (χ1v) is 7.52. The molecular formula is C18H20N2O3. The molecule has 120 valence electrons. The molecule has 1 aliphatic heterocycles. The molecule has 0 aromatic heterocycles. The van der Waals surface area contributed by atoms with E-state index in [1.807, 2.05) is 42.5 Å². The van der Waals surface area contributed by atoms with Gasteiger partial charge in [0.1, 0.15) is 18.5 Å². The van der Waals surface area contributed by atoms with E-state index in [0.717, 1.165) is 11.5 Å². The Balaban J connectivity index is 1.55. The number of rotatable bonds is 6. The summed E-state index contributed by atoms with van der Waals surface area (Å²) < 4.78 is 17.4. The smallest absolute Gasteiger partial charge is 0.169 e. The quantitative estimate of drug-likeness (QED) is 0.487. The summed E-state index contributed by atoms with van der Waals surface area (Å²) in [4.78, 5) is 0. The summed E-state index contributed by atoms with van der Waals surface area (Å²) in [6.07, 6.45) is 1.23. The molecule has 0 spiro atoms. The Hall–Kier alpha value is -2.66. The Morgan fingerprint density at radius 1 is 1.22 bits per heavy atom. The molecule has 1 heterocycles. The van der Waals surface area contributed by atoms with Crippen LogP contribution in [0, 0.1) is 0 Å². The lowest BCUT2D eigenvalue weighted by molar-refractivity contribution is 0.0795. The third kappa shape index (κ3) is 3.76. The number of ether oxygens (including phenoxy) is 3. The molecule has 5 nitrogen and oxygen atoms in total. The first kappa shape index (κ1) is 15.2. The van der Waals surface area contributed by atoms with Crippen LogP contribution in [0.5, 0.6) is 17.2 Å². The Morgan fingerprint density at radius 2 is 1.96 bits per heavy atom. The average Bonchev–Trinajstić information content (AvgIpc) is 2.60. The maximum atomic E-state index is 5.90. The third-order valence-electron chi connectivity index (χ3n) is 3.50. The lowest BCUT2D eigenvalue weighted by Gasteiger charge is -2.28. The summed E-state index contributed by atoms with van der Waals surface area (Å²) in [5.74, 6) is 2.15. The zero-order chi connectivity index (χ0) is 16.1. The van der Waals surface area contributed by atoms with Gasteiger partial charge >= 0.3 is 0 Å². The van der Waals surface area contributed by atoms with Gasteiger partial charge in [0, 0.05) is 6.54 Å². The van der Waals surface area contributed by atoms with Crippen LogP contribution in [-0.2, 0) is 0 Å². The van der Waals surface area contributed by atoms with Crippen molar-refractivity contribution in [3.8, 4) is 17.2 Å². The molecule has 5 heteroatoms. The Kier molecular flexibility index (Phi) is 4.68. The molecule has 23 heavy (non-hydrogen) atoms. The van der Waals surface area contributed by atoms with E-state index < -0.39 is 0 Å². The van der Waals surface area contributed by atoms with Gasteiger partial charge in [-0.05, 0) is 30.3 Å². The number of hydrogen-bond donors (Lipinski definition) is 2. The van der Waals surface area contributed by atoms with Crippen LogP contribution in [0.15, 0.2) is 61.2 Å². The molecule has 0 fully saturated rings. The molecule has 2 atom stereocenters. The second-order valence-corrected chi connectivity index (χ2v) is 5.22. The fourth-order valence-corrected chi connectivity index (χ4v) is 2.31. The van der Waals surface area contributed by atoms with E-state index in [-0.39, 0.29) is 12.3 Å². The van der Waals surface area contributed by atoms with Gasteiger partial charge in [0.05, 0.1) is 5.69 Å². The molecule has 3 N–H and O–H groups in total. The van der Waals surface area contributed by atoms with Crippen LogP contribution in [0.1, 0.15) is 0 Å². The molecule has 0 amide bonds. The van der Waals surface area contributed by atoms with Gasteiger partial charge in [0.15, 0.2) is 17.7 Å². The Labute approximate surface area is 135 Å². The lowest BCUT2D eigenvalue weighted by atomic mass is 10.2. The van der Waals surface area contributed by atoms with Gasteiger partial charge in [-0.2, -0.15) is 0 Å². The fraction of sp³-hybridized carbons (Fsp3) is 0.222. The predicted molar refractivity (Wildman–Crippen MR) is 89.8 cm³/mol. The first-order chi connectivity index (χ1) is 11.3. The topological polar surface area (TPSA) is 65.7 Å². The van der Waals surface area contributed by atoms with Crippen molar-refractivity contribution < 1.29 is 14.2 Å². The zero-order valence-electron chi connectivity index (χ0n) is 12.8. The highest BCUT2D eigenvalue weighted by atomic mass is 16.6. The molecule has 0 aliphatic carbocycles. The molecular weight excluding hydrogens is 292 g/mol. The third-order valence-corrected chi connectivity index (χ3v) is 3.50. The average molecular weight is 312 g/mol. The van der Waals surface area contributed by atoms with Crippen LogP contribution < -0.4 is 25.3 Å². The number of nitrogen functional groups attached to an aromatic ring is 1. The lowest BCUT2D eigenvalue weighted by Crippen LogP contribution is -2.43. The van der Waals surface area contributed by atoms with Gasteiger partial charge < -0.3 is 19.9 Å². The largest absolute Gasteiger partial charge is 0.486 e. The summed E-state index contributed by atoms with van der Waals surface area (Å²) in [5.41, 5.74) is 6.47. The highest BCUT2D eigenvalue weighted by Gasteiger charge is 2.21. The van der Waals surface area contributed by atoms with Crippen molar-refractivity contribution in [2.24, 2.45) is 0 Å². The number of benzene rings is 2. The number of nitrogens with two attached hydrogens (primary N) is 1. The summed E-state index contributed by atoms with van der Waals surface area (Å²) in [7, 11) is 0. The standard InChI is InChI=1S/C18H20N2O3/c1-2-18(23-15-8-4-3-7-14(15)19)20-11-13-12-21-16-9-5-6-10-17(16)22-13/h2-10,13,18,20H,1,11-12,19H2. The molecule has 2 aromatic rings. The van der Waals surface area contributed by atoms with Crippen molar-refractivity contribution in [2.45, 2.75) is 12.3 Å². The highest BCUT2D eigenvalue weighted by molar-refractivity contribution is 5.52. The van der Waals surface area contributed by atoms with Crippen LogP contribution in [0.4, 0.5) is 5.69 Å². The van der Waals surface area contributed by atoms with E-state index in [2.05, 4.69) is 11.9 Å². The van der Waals surface area contributed by atoms with Crippen LogP contribution in [-0.4, -0.2) is 25.5 Å². The van der Waals surface area contributed by atoms with Gasteiger partial charge in [-0.1, -0.05) is 30.8 Å². The Bertz CT molecular complexity index is 675. The molecule has 0 bridgehead atoms. The van der Waals surface area contributed by atoms with Crippen molar-refractivity contribution in [2.75, 3.05) is 18.9 Å². The SMILES string of the molecule is C=CC(NCC1COc2ccccc2O1)Oc1ccccc1N. The van der Waals surface area contributed by atoms with E-state index in [1.54, 1.807) is 12.1 Å². The molecule has 2 aromatic carbocycles. The van der Waals surface area contributed by atoms with Crippen LogP contribution >= 0.6 is 0 Å². The number of hydrogen-bond acceptors (Lipinski definition) is 5. The summed E-state index contributed by atoms with van der Waals surface area (Å²) in [6.45, 7) is 4.84. The molecule has 1 aliphatic rings. The monoisotopic (exact) mass is 312 g/mol. The van der Waals surface area contributed by atoms with E-state index in [0.29, 0.717) is 24.6 Å². The summed E-state index contributed by atoms with van der Waals surface area (Å²) in [5, 5.41) is 3.24. The van der Waals surface area contributed by atoms with Gasteiger partial charge in [0.25, 0.3) is 0 Å². The van der Waals surface area contributed by atoms with Crippen molar-refractivity contribution in [1.82, 2.24) is 5.32 Å². The van der Waals surface area contributed by atoms with E-state index >= 15 is 0 Å². The second-order valence-electron chi connectivity index (χ2n) is 5.22. The van der Waals surface area contributed by atoms with Gasteiger partial charge in [-0.3, -0.25) is 5.32 Å². The first-order valence-electron chi connectivity index (χ1n) is 7.52. The van der Waals surface area contributed by atoms with Gasteiger partial charge in [-0.15, -0.1) is 0 Å².